The molecule has 0 heterocycles. The third-order valence-corrected chi connectivity index (χ3v) is 6.31. The van der Waals surface area contributed by atoms with Crippen molar-refractivity contribution in [1.82, 2.24) is 4.90 Å². The number of carbonyl (C=O) groups excluding carboxylic acids is 2. The first kappa shape index (κ1) is 25.8. The van der Waals surface area contributed by atoms with Gasteiger partial charge >= 0.3 is 12.1 Å². The highest BCUT2D eigenvalue weighted by atomic mass is 16.6. The second kappa shape index (κ2) is 13.1. The van der Waals surface area contributed by atoms with Crippen molar-refractivity contribution in [3.63, 3.8) is 0 Å². The fraction of sp³-hybridized carbons (Fsp3) is 0.917. The summed E-state index contributed by atoms with van der Waals surface area (Å²) < 4.78 is 11.1. The predicted molar refractivity (Wildman–Crippen MR) is 118 cm³/mol. The zero-order chi connectivity index (χ0) is 22.0. The Balaban J connectivity index is 2.76. The lowest BCUT2D eigenvalue weighted by Gasteiger charge is -2.37. The summed E-state index contributed by atoms with van der Waals surface area (Å²) in [5.41, 5.74) is 0. The summed E-state index contributed by atoms with van der Waals surface area (Å²) in [5.74, 6) is 0.909. The van der Waals surface area contributed by atoms with Gasteiger partial charge in [0.1, 0.15) is 0 Å². The van der Waals surface area contributed by atoms with Crippen LogP contribution in [0.25, 0.3) is 0 Å². The number of hydrogen-bond acceptors (Lipinski definition) is 4. The van der Waals surface area contributed by atoms with E-state index in [0.717, 1.165) is 13.0 Å². The summed E-state index contributed by atoms with van der Waals surface area (Å²) in [6.45, 7) is 15.9. The van der Waals surface area contributed by atoms with Crippen LogP contribution in [0.4, 0.5) is 4.79 Å². The van der Waals surface area contributed by atoms with Crippen molar-refractivity contribution >= 4 is 12.1 Å². The molecule has 1 saturated carbocycles. The van der Waals surface area contributed by atoms with E-state index in [9.17, 15) is 9.59 Å². The minimum Gasteiger partial charge on any atom is -0.465 e. The average molecular weight is 412 g/mol. The Labute approximate surface area is 178 Å². The number of carbonyl (C=O) groups is 2. The van der Waals surface area contributed by atoms with Gasteiger partial charge in [0.15, 0.2) is 0 Å². The van der Waals surface area contributed by atoms with Crippen molar-refractivity contribution in [3.05, 3.63) is 0 Å². The molecule has 0 radical (unpaired) electrons. The first-order valence-electron chi connectivity index (χ1n) is 11.7. The summed E-state index contributed by atoms with van der Waals surface area (Å²) in [7, 11) is 0. The summed E-state index contributed by atoms with van der Waals surface area (Å²) in [4.78, 5) is 27.3. The number of hydrogen-bond donors (Lipinski definition) is 0. The molecule has 29 heavy (non-hydrogen) atoms. The molecule has 5 nitrogen and oxygen atoms in total. The van der Waals surface area contributed by atoms with Crippen LogP contribution in [0, 0.1) is 29.6 Å². The molecule has 3 unspecified atom stereocenters. The SMILES string of the molecule is CC(C)CCOC(=O)C(C)C(C)C(C)N(CC1CCCCC1)C(=O)OCC(C)C. The molecule has 0 aliphatic heterocycles. The van der Waals surface area contributed by atoms with Gasteiger partial charge in [-0.2, -0.15) is 0 Å². The third-order valence-electron chi connectivity index (χ3n) is 6.31. The summed E-state index contributed by atoms with van der Waals surface area (Å²) >= 11 is 0. The maximum atomic E-state index is 12.9. The largest absolute Gasteiger partial charge is 0.465 e. The highest BCUT2D eigenvalue weighted by Gasteiger charge is 2.34. The van der Waals surface area contributed by atoms with Crippen LogP contribution >= 0.6 is 0 Å². The molecule has 1 rings (SSSR count). The second-order valence-corrected chi connectivity index (χ2v) is 9.87. The predicted octanol–water partition coefficient (Wildman–Crippen LogP) is 5.91. The molecular weight excluding hydrogens is 366 g/mol. The van der Waals surface area contributed by atoms with E-state index in [1.165, 1.54) is 32.1 Å². The lowest BCUT2D eigenvalue weighted by molar-refractivity contribution is -0.150. The molecule has 3 atom stereocenters. The third kappa shape index (κ3) is 9.39. The molecular formula is C24H45NO4. The van der Waals surface area contributed by atoms with Gasteiger partial charge in [-0.25, -0.2) is 4.79 Å². The normalized spacial score (nSPS) is 18.4. The van der Waals surface area contributed by atoms with Crippen LogP contribution in [0.3, 0.4) is 0 Å². The molecule has 5 heteroatoms. The van der Waals surface area contributed by atoms with Crippen LogP contribution in [0.2, 0.25) is 0 Å². The molecule has 0 aromatic rings. The summed E-state index contributed by atoms with van der Waals surface area (Å²) in [6, 6.07) is -0.0794. The van der Waals surface area contributed by atoms with Crippen LogP contribution in [-0.4, -0.2) is 42.8 Å². The van der Waals surface area contributed by atoms with E-state index in [1.807, 2.05) is 39.5 Å². The zero-order valence-corrected chi connectivity index (χ0v) is 19.9. The maximum absolute atomic E-state index is 12.9. The molecule has 0 aromatic heterocycles. The Kier molecular flexibility index (Phi) is 11.7. The first-order chi connectivity index (χ1) is 13.6. The van der Waals surface area contributed by atoms with Gasteiger partial charge in [-0.15, -0.1) is 0 Å². The van der Waals surface area contributed by atoms with Gasteiger partial charge in [0, 0.05) is 12.6 Å². The minimum atomic E-state index is -0.260. The van der Waals surface area contributed by atoms with Crippen molar-refractivity contribution in [3.8, 4) is 0 Å². The topological polar surface area (TPSA) is 55.8 Å². The van der Waals surface area contributed by atoms with Crippen molar-refractivity contribution in [2.75, 3.05) is 19.8 Å². The summed E-state index contributed by atoms with van der Waals surface area (Å²) in [6.07, 6.45) is 6.73. The monoisotopic (exact) mass is 411 g/mol. The standard InChI is InChI=1S/C24H45NO4/c1-17(2)13-14-28-23(26)20(6)19(5)21(7)25(24(27)29-16-18(3)4)15-22-11-9-8-10-12-22/h17-22H,8-16H2,1-7H3. The van der Waals surface area contributed by atoms with Crippen LogP contribution < -0.4 is 0 Å². The van der Waals surface area contributed by atoms with Gasteiger partial charge in [-0.1, -0.05) is 60.8 Å². The van der Waals surface area contributed by atoms with Crippen LogP contribution in [-0.2, 0) is 14.3 Å². The van der Waals surface area contributed by atoms with Gasteiger partial charge < -0.3 is 14.4 Å². The summed E-state index contributed by atoms with van der Waals surface area (Å²) in [5, 5.41) is 0. The molecule has 1 aliphatic carbocycles. The van der Waals surface area contributed by atoms with Crippen LogP contribution in [0.1, 0.15) is 87.0 Å². The van der Waals surface area contributed by atoms with Crippen LogP contribution in [0.5, 0.6) is 0 Å². The van der Waals surface area contributed by atoms with Crippen molar-refractivity contribution < 1.29 is 19.1 Å². The number of rotatable bonds is 11. The van der Waals surface area contributed by atoms with E-state index in [-0.39, 0.29) is 29.9 Å². The molecule has 0 spiro atoms. The van der Waals surface area contributed by atoms with Crippen molar-refractivity contribution in [2.24, 2.45) is 29.6 Å². The van der Waals surface area contributed by atoms with Gasteiger partial charge in [-0.05, 0) is 49.9 Å². The Morgan fingerprint density at radius 1 is 0.897 bits per heavy atom. The van der Waals surface area contributed by atoms with Gasteiger partial charge in [0.25, 0.3) is 0 Å². The van der Waals surface area contributed by atoms with E-state index in [0.29, 0.717) is 31.0 Å². The fourth-order valence-electron chi connectivity index (χ4n) is 3.82. The molecule has 170 valence electrons. The molecule has 0 saturated heterocycles. The van der Waals surface area contributed by atoms with Gasteiger partial charge in [0.05, 0.1) is 19.1 Å². The minimum absolute atomic E-state index is 0.00302. The van der Waals surface area contributed by atoms with E-state index < -0.39 is 0 Å². The molecule has 0 N–H and O–H groups in total. The quantitative estimate of drug-likeness (QED) is 0.397. The number of ether oxygens (including phenoxy) is 2. The average Bonchev–Trinajstić information content (AvgIpc) is 2.68. The fourth-order valence-corrected chi connectivity index (χ4v) is 3.82. The van der Waals surface area contributed by atoms with Crippen LogP contribution in [0.15, 0.2) is 0 Å². The zero-order valence-electron chi connectivity index (χ0n) is 19.9. The van der Waals surface area contributed by atoms with E-state index in [1.54, 1.807) is 0 Å². The second-order valence-electron chi connectivity index (χ2n) is 9.87. The number of esters is 1. The van der Waals surface area contributed by atoms with E-state index in [2.05, 4.69) is 13.8 Å². The highest BCUT2D eigenvalue weighted by molar-refractivity contribution is 5.73. The Morgan fingerprint density at radius 3 is 2.07 bits per heavy atom. The molecule has 1 amide bonds. The Morgan fingerprint density at radius 2 is 1.52 bits per heavy atom. The van der Waals surface area contributed by atoms with Gasteiger partial charge in [-0.3, -0.25) is 4.79 Å². The van der Waals surface area contributed by atoms with E-state index >= 15 is 0 Å². The molecule has 1 aliphatic rings. The Hall–Kier alpha value is -1.26. The van der Waals surface area contributed by atoms with Crippen molar-refractivity contribution in [2.45, 2.75) is 93.0 Å². The lowest BCUT2D eigenvalue weighted by Crippen LogP contribution is -2.47. The number of amides is 1. The maximum Gasteiger partial charge on any atom is 0.410 e. The number of nitrogens with zero attached hydrogens (tertiary/aromatic N) is 1. The molecule has 0 aromatic carbocycles. The molecule has 0 bridgehead atoms. The Bertz CT molecular complexity index is 485. The smallest absolute Gasteiger partial charge is 0.410 e. The first-order valence-corrected chi connectivity index (χ1v) is 11.7. The van der Waals surface area contributed by atoms with Crippen molar-refractivity contribution in [1.29, 1.82) is 0 Å². The lowest BCUT2D eigenvalue weighted by atomic mass is 9.86. The highest BCUT2D eigenvalue weighted by Crippen LogP contribution is 2.28. The van der Waals surface area contributed by atoms with Gasteiger partial charge in [0.2, 0.25) is 0 Å². The van der Waals surface area contributed by atoms with E-state index in [4.69, 9.17) is 9.47 Å². The molecule has 1 fully saturated rings.